The van der Waals surface area contributed by atoms with Crippen molar-refractivity contribution in [2.75, 3.05) is 4.90 Å². The molecule has 212 valence electrons. The highest BCUT2D eigenvalue weighted by atomic mass is 15.1. The Morgan fingerprint density at radius 3 is 1.71 bits per heavy atom. The fourth-order valence-electron chi connectivity index (χ4n) is 6.79. The number of benzene rings is 6. The highest BCUT2D eigenvalue weighted by Crippen LogP contribution is 2.40. The van der Waals surface area contributed by atoms with Crippen LogP contribution in [0.5, 0.6) is 0 Å². The normalized spacial score (nSPS) is 11.6. The lowest BCUT2D eigenvalue weighted by Gasteiger charge is -2.25. The maximum atomic E-state index is 4.81. The molecular weight excluding hydrogens is 548 g/mol. The highest BCUT2D eigenvalue weighted by molar-refractivity contribution is 6.12. The van der Waals surface area contributed by atoms with Gasteiger partial charge in [-0.3, -0.25) is 4.57 Å². The second kappa shape index (κ2) is 10.2. The van der Waals surface area contributed by atoms with Crippen LogP contribution in [0.3, 0.4) is 0 Å². The number of pyridine rings is 1. The summed E-state index contributed by atoms with van der Waals surface area (Å²) in [6, 6.07) is 58.2. The number of rotatable bonds is 5. The van der Waals surface area contributed by atoms with Crippen LogP contribution in [-0.4, -0.2) is 14.1 Å². The van der Waals surface area contributed by atoms with E-state index in [1.165, 1.54) is 27.2 Å². The van der Waals surface area contributed by atoms with Gasteiger partial charge in [-0.05, 0) is 91.0 Å². The Labute approximate surface area is 260 Å². The first-order valence-electron chi connectivity index (χ1n) is 15.2. The third-order valence-electron chi connectivity index (χ3n) is 8.73. The lowest BCUT2D eigenvalue weighted by atomic mass is 10.1. The summed E-state index contributed by atoms with van der Waals surface area (Å²) in [6.07, 6.45) is 1.88. The van der Waals surface area contributed by atoms with Crippen molar-refractivity contribution in [2.45, 2.75) is 0 Å². The molecule has 0 aliphatic heterocycles. The van der Waals surface area contributed by atoms with E-state index in [-0.39, 0.29) is 0 Å². The van der Waals surface area contributed by atoms with E-state index in [1.54, 1.807) is 0 Å². The van der Waals surface area contributed by atoms with E-state index in [4.69, 9.17) is 4.98 Å². The maximum absolute atomic E-state index is 4.81. The molecule has 0 fully saturated rings. The van der Waals surface area contributed by atoms with Gasteiger partial charge in [0.05, 0.1) is 16.6 Å². The fourth-order valence-corrected chi connectivity index (χ4v) is 6.79. The molecule has 0 unspecified atom stereocenters. The largest absolute Gasteiger partial charge is 0.310 e. The van der Waals surface area contributed by atoms with E-state index in [1.807, 2.05) is 12.3 Å². The minimum atomic E-state index is 0.963. The topological polar surface area (TPSA) is 26.0 Å². The van der Waals surface area contributed by atoms with Crippen LogP contribution in [0.4, 0.5) is 17.1 Å². The second-order valence-corrected chi connectivity index (χ2v) is 11.3. The average Bonchev–Trinajstić information content (AvgIpc) is 3.62. The molecule has 6 aromatic carbocycles. The van der Waals surface area contributed by atoms with E-state index in [9.17, 15) is 0 Å². The van der Waals surface area contributed by atoms with Crippen LogP contribution in [0.15, 0.2) is 170 Å². The molecule has 9 aromatic rings. The van der Waals surface area contributed by atoms with Crippen molar-refractivity contribution >= 4 is 60.8 Å². The molecule has 0 amide bonds. The van der Waals surface area contributed by atoms with Crippen LogP contribution < -0.4 is 4.90 Å². The fraction of sp³-hybridized carbons (Fsp3) is 0. The summed E-state index contributed by atoms with van der Waals surface area (Å²) in [7, 11) is 0. The van der Waals surface area contributed by atoms with Crippen LogP contribution in [0.2, 0.25) is 0 Å². The van der Waals surface area contributed by atoms with Gasteiger partial charge in [0.2, 0.25) is 0 Å². The molecule has 0 saturated heterocycles. The highest BCUT2D eigenvalue weighted by Gasteiger charge is 2.19. The summed E-state index contributed by atoms with van der Waals surface area (Å²) >= 11 is 0. The maximum Gasteiger partial charge on any atom is 0.145 e. The Bertz CT molecular complexity index is 2440. The third kappa shape index (κ3) is 4.04. The van der Waals surface area contributed by atoms with Gasteiger partial charge in [0.1, 0.15) is 5.65 Å². The number of hydrogen-bond donors (Lipinski definition) is 0. The molecule has 0 radical (unpaired) electrons. The van der Waals surface area contributed by atoms with Crippen molar-refractivity contribution < 1.29 is 0 Å². The molecule has 0 saturated carbocycles. The predicted octanol–water partition coefficient (Wildman–Crippen LogP) is 10.7. The molecule has 0 atom stereocenters. The van der Waals surface area contributed by atoms with Gasteiger partial charge in [0.15, 0.2) is 0 Å². The molecule has 4 nitrogen and oxygen atoms in total. The first kappa shape index (κ1) is 25.4. The minimum absolute atomic E-state index is 0.963. The molecule has 0 bridgehead atoms. The molecule has 3 aromatic heterocycles. The van der Waals surface area contributed by atoms with Crippen molar-refractivity contribution in [3.8, 4) is 11.4 Å². The van der Waals surface area contributed by atoms with Gasteiger partial charge in [0, 0.05) is 56.2 Å². The molecular formula is C41H28N4. The number of hydrogen-bond acceptors (Lipinski definition) is 2. The molecule has 45 heavy (non-hydrogen) atoms. The number of para-hydroxylation sites is 4. The van der Waals surface area contributed by atoms with Gasteiger partial charge in [0.25, 0.3) is 0 Å². The summed E-state index contributed by atoms with van der Waals surface area (Å²) in [5.41, 5.74) is 10.1. The zero-order chi connectivity index (χ0) is 29.7. The van der Waals surface area contributed by atoms with Crippen LogP contribution in [-0.2, 0) is 0 Å². The van der Waals surface area contributed by atoms with Gasteiger partial charge in [-0.25, -0.2) is 4.98 Å². The van der Waals surface area contributed by atoms with E-state index >= 15 is 0 Å². The summed E-state index contributed by atoms with van der Waals surface area (Å²) in [5, 5.41) is 4.77. The van der Waals surface area contributed by atoms with E-state index in [2.05, 4.69) is 172 Å². The van der Waals surface area contributed by atoms with Crippen LogP contribution in [0, 0.1) is 0 Å². The smallest absolute Gasteiger partial charge is 0.145 e. The molecule has 0 spiro atoms. The lowest BCUT2D eigenvalue weighted by Crippen LogP contribution is -2.09. The zero-order valence-electron chi connectivity index (χ0n) is 24.5. The van der Waals surface area contributed by atoms with Gasteiger partial charge in [-0.15, -0.1) is 0 Å². The Hall–Kier alpha value is -6.13. The van der Waals surface area contributed by atoms with Crippen molar-refractivity contribution in [2.24, 2.45) is 0 Å². The average molecular weight is 577 g/mol. The number of nitrogens with zero attached hydrogens (tertiary/aromatic N) is 4. The van der Waals surface area contributed by atoms with Gasteiger partial charge in [-0.1, -0.05) is 72.8 Å². The first-order valence-corrected chi connectivity index (χ1v) is 15.2. The minimum Gasteiger partial charge on any atom is -0.310 e. The number of aromatic nitrogens is 3. The zero-order valence-corrected chi connectivity index (χ0v) is 24.5. The molecule has 3 heterocycles. The monoisotopic (exact) mass is 576 g/mol. The number of anilines is 3. The Balaban J connectivity index is 1.28. The van der Waals surface area contributed by atoms with Gasteiger partial charge < -0.3 is 9.47 Å². The number of fused-ring (bicyclic) bond motifs is 6. The predicted molar refractivity (Wildman–Crippen MR) is 188 cm³/mol. The summed E-state index contributed by atoms with van der Waals surface area (Å²) < 4.78 is 4.65. The Morgan fingerprint density at radius 1 is 0.378 bits per heavy atom. The lowest BCUT2D eigenvalue weighted by molar-refractivity contribution is 1.13. The Morgan fingerprint density at radius 2 is 0.956 bits per heavy atom. The molecule has 0 aliphatic carbocycles. The van der Waals surface area contributed by atoms with Gasteiger partial charge >= 0.3 is 0 Å². The molecule has 0 N–H and O–H groups in total. The summed E-state index contributed by atoms with van der Waals surface area (Å²) in [6.45, 7) is 0. The van der Waals surface area contributed by atoms with E-state index in [0.717, 1.165) is 45.0 Å². The van der Waals surface area contributed by atoms with Crippen molar-refractivity contribution in [1.82, 2.24) is 14.1 Å². The van der Waals surface area contributed by atoms with Gasteiger partial charge in [-0.2, -0.15) is 0 Å². The van der Waals surface area contributed by atoms with Crippen molar-refractivity contribution in [1.29, 1.82) is 0 Å². The second-order valence-electron chi connectivity index (χ2n) is 11.3. The van der Waals surface area contributed by atoms with Crippen LogP contribution in [0.1, 0.15) is 0 Å². The molecule has 9 rings (SSSR count). The summed E-state index contributed by atoms with van der Waals surface area (Å²) in [5.74, 6) is 0. The van der Waals surface area contributed by atoms with Crippen LogP contribution >= 0.6 is 0 Å². The van der Waals surface area contributed by atoms with Crippen LogP contribution in [0.25, 0.3) is 55.1 Å². The quantitative estimate of drug-likeness (QED) is 0.204. The molecule has 4 heteroatoms. The third-order valence-corrected chi connectivity index (χ3v) is 8.73. The van der Waals surface area contributed by atoms with E-state index in [0.29, 0.717) is 0 Å². The SMILES string of the molecule is c1ccc(N(c2ccccc2)c2ccc3c(c2)c2ccccc2n3-c2ccc3c(c2)c2cccnc2n3-c2ccccc2)cc1. The summed E-state index contributed by atoms with van der Waals surface area (Å²) in [4.78, 5) is 7.14. The standard InChI is InChI=1S/C41H28N4/c1-4-13-29(14-5-1)43(30-15-6-2-7-16-30)32-22-24-39-36(27-32)34-19-10-11-21-38(34)44(39)33-23-25-40-37(28-33)35-20-12-26-42-41(35)45(40)31-17-8-3-9-18-31/h1-28H. The Kier molecular flexibility index (Phi) is 5.78. The first-order chi connectivity index (χ1) is 22.3. The van der Waals surface area contributed by atoms with Crippen molar-refractivity contribution in [3.05, 3.63) is 170 Å². The van der Waals surface area contributed by atoms with E-state index < -0.39 is 0 Å². The molecule has 0 aliphatic rings. The van der Waals surface area contributed by atoms with Crippen molar-refractivity contribution in [3.63, 3.8) is 0 Å².